The van der Waals surface area contributed by atoms with Gasteiger partial charge in [0, 0.05) is 10.7 Å². The number of carbonyl (C=O) groups is 3. The van der Waals surface area contributed by atoms with Crippen molar-refractivity contribution >= 4 is 57.8 Å². The number of imide groups is 1. The first kappa shape index (κ1) is 21.0. The second-order valence-electron chi connectivity index (χ2n) is 9.13. The maximum Gasteiger partial charge on any atom is 0.272 e. The predicted molar refractivity (Wildman–Crippen MR) is 135 cm³/mol. The summed E-state index contributed by atoms with van der Waals surface area (Å²) >= 11 is 6.17. The van der Waals surface area contributed by atoms with Gasteiger partial charge in [0.2, 0.25) is 11.8 Å². The molecule has 7 rings (SSSR count). The van der Waals surface area contributed by atoms with Gasteiger partial charge in [0.15, 0.2) is 0 Å². The van der Waals surface area contributed by atoms with Gasteiger partial charge < -0.3 is 4.90 Å². The number of aromatic nitrogens is 3. The minimum atomic E-state index is -0.947. The fourth-order valence-corrected chi connectivity index (χ4v) is 6.01. The topological polar surface area (TPSA) is 88.4 Å². The second kappa shape index (κ2) is 7.60. The lowest BCUT2D eigenvalue weighted by Crippen LogP contribution is -2.50. The van der Waals surface area contributed by atoms with Crippen LogP contribution in [0.1, 0.15) is 10.4 Å². The Labute approximate surface area is 210 Å². The third-order valence-electron chi connectivity index (χ3n) is 7.29. The van der Waals surface area contributed by atoms with Crippen molar-refractivity contribution in [2.24, 2.45) is 11.8 Å². The molecule has 0 radical (unpaired) electrons. The zero-order chi connectivity index (χ0) is 24.6. The first-order chi connectivity index (χ1) is 17.5. The molecular formula is C27H18ClN5O3. The Morgan fingerprint density at radius 2 is 1.67 bits per heavy atom. The van der Waals surface area contributed by atoms with Crippen LogP contribution in [0.4, 0.5) is 11.4 Å². The lowest BCUT2D eigenvalue weighted by atomic mass is 9.88. The lowest BCUT2D eigenvalue weighted by Gasteiger charge is -2.36. The highest BCUT2D eigenvalue weighted by molar-refractivity contribution is 6.31. The molecular weight excluding hydrogens is 478 g/mol. The summed E-state index contributed by atoms with van der Waals surface area (Å²) in [7, 11) is 0. The molecule has 4 heterocycles. The number of carbonyl (C=O) groups excluding carboxylic acids is 3. The maximum atomic E-state index is 14.2. The number of hydrogen-bond donors (Lipinski definition) is 0. The second-order valence-corrected chi connectivity index (χ2v) is 9.57. The highest BCUT2D eigenvalue weighted by atomic mass is 35.5. The Morgan fingerprint density at radius 3 is 2.53 bits per heavy atom. The summed E-state index contributed by atoms with van der Waals surface area (Å²) < 4.78 is 1.25. The van der Waals surface area contributed by atoms with E-state index in [2.05, 4.69) is 10.3 Å². The quantitative estimate of drug-likeness (QED) is 0.393. The van der Waals surface area contributed by atoms with E-state index >= 15 is 0 Å². The highest BCUT2D eigenvalue weighted by Gasteiger charge is 2.64. The molecule has 3 aliphatic heterocycles. The van der Waals surface area contributed by atoms with Crippen LogP contribution >= 0.6 is 11.6 Å². The van der Waals surface area contributed by atoms with Crippen LogP contribution in [0.3, 0.4) is 0 Å². The van der Waals surface area contributed by atoms with Gasteiger partial charge >= 0.3 is 0 Å². The largest absolute Gasteiger partial charge is 0.351 e. The van der Waals surface area contributed by atoms with Gasteiger partial charge in [0.1, 0.15) is 11.6 Å². The van der Waals surface area contributed by atoms with Crippen molar-refractivity contribution < 1.29 is 14.4 Å². The van der Waals surface area contributed by atoms with E-state index in [1.165, 1.54) is 9.58 Å². The zero-order valence-corrected chi connectivity index (χ0v) is 19.5. The van der Waals surface area contributed by atoms with Crippen LogP contribution < -0.4 is 9.80 Å². The standard InChI is InChI=1S/C27H18ClN5O3/c28-16-7-5-8-17(14-16)31-25(34)22-21-13-12-15-6-1-3-10-19(15)32(21)24(23(22)26(31)35)27(36)33-20-11-4-2-9-18(20)29-30-33/h1-14,21-24H/t21-,22-,23+,24+/m1/s1. The number of anilines is 2. The van der Waals surface area contributed by atoms with E-state index in [9.17, 15) is 14.4 Å². The van der Waals surface area contributed by atoms with E-state index in [1.807, 2.05) is 47.4 Å². The minimum Gasteiger partial charge on any atom is -0.351 e. The molecule has 2 saturated heterocycles. The highest BCUT2D eigenvalue weighted by Crippen LogP contribution is 2.49. The van der Waals surface area contributed by atoms with E-state index in [-0.39, 0.29) is 5.91 Å². The first-order valence-corrected chi connectivity index (χ1v) is 12.0. The SMILES string of the molecule is O=C1[C@H]2[C@H](C(=O)N1c1cccc(Cl)c1)[C@@H](C(=O)n1nnc3ccccc31)N1c3ccccc3C=C[C@H]21. The normalized spacial score (nSPS) is 24.2. The monoisotopic (exact) mass is 495 g/mol. The first-order valence-electron chi connectivity index (χ1n) is 11.6. The molecule has 0 bridgehead atoms. The maximum absolute atomic E-state index is 14.2. The third-order valence-corrected chi connectivity index (χ3v) is 7.53. The van der Waals surface area contributed by atoms with E-state index in [1.54, 1.807) is 42.5 Å². The van der Waals surface area contributed by atoms with Crippen molar-refractivity contribution in [3.05, 3.63) is 89.5 Å². The van der Waals surface area contributed by atoms with Crippen LogP contribution in [-0.4, -0.2) is 44.8 Å². The molecule has 0 unspecified atom stereocenters. The summed E-state index contributed by atoms with van der Waals surface area (Å²) in [5, 5.41) is 8.68. The van der Waals surface area contributed by atoms with Crippen LogP contribution in [-0.2, 0) is 9.59 Å². The number of amides is 2. The van der Waals surface area contributed by atoms with Crippen LogP contribution in [0, 0.1) is 11.8 Å². The number of fused-ring (bicyclic) bond motifs is 6. The number of rotatable bonds is 2. The predicted octanol–water partition coefficient (Wildman–Crippen LogP) is 3.81. The lowest BCUT2D eigenvalue weighted by molar-refractivity contribution is -0.122. The number of para-hydroxylation sites is 2. The van der Waals surface area contributed by atoms with Crippen LogP contribution in [0.2, 0.25) is 5.02 Å². The smallest absolute Gasteiger partial charge is 0.272 e. The Kier molecular flexibility index (Phi) is 4.44. The summed E-state index contributed by atoms with van der Waals surface area (Å²) in [6.07, 6.45) is 3.87. The van der Waals surface area contributed by atoms with Gasteiger partial charge in [0.05, 0.1) is 29.1 Å². The molecule has 8 nitrogen and oxygen atoms in total. The van der Waals surface area contributed by atoms with Crippen molar-refractivity contribution in [1.82, 2.24) is 15.0 Å². The van der Waals surface area contributed by atoms with E-state index in [0.717, 1.165) is 11.3 Å². The van der Waals surface area contributed by atoms with Gasteiger partial charge in [-0.25, -0.2) is 4.90 Å². The van der Waals surface area contributed by atoms with Crippen molar-refractivity contribution in [2.45, 2.75) is 12.1 Å². The molecule has 9 heteroatoms. The summed E-state index contributed by atoms with van der Waals surface area (Å²) in [5.74, 6) is -2.79. The van der Waals surface area contributed by atoms with Crippen LogP contribution in [0.15, 0.2) is 78.9 Å². The van der Waals surface area contributed by atoms with Gasteiger partial charge in [0.25, 0.3) is 5.91 Å². The van der Waals surface area contributed by atoms with E-state index < -0.39 is 35.7 Å². The van der Waals surface area contributed by atoms with Crippen LogP contribution in [0.25, 0.3) is 17.1 Å². The summed E-state index contributed by atoms with van der Waals surface area (Å²) in [4.78, 5) is 45.0. The number of hydrogen-bond acceptors (Lipinski definition) is 6. The average Bonchev–Trinajstić information content (AvgIpc) is 3.55. The molecule has 176 valence electrons. The third kappa shape index (κ3) is 2.79. The van der Waals surface area contributed by atoms with Gasteiger partial charge in [-0.15, -0.1) is 5.10 Å². The molecule has 2 fully saturated rings. The van der Waals surface area contributed by atoms with Crippen molar-refractivity contribution in [2.75, 3.05) is 9.80 Å². The molecule has 0 N–H and O–H groups in total. The number of nitrogens with zero attached hydrogens (tertiary/aromatic N) is 5. The summed E-state index contributed by atoms with van der Waals surface area (Å²) in [5.41, 5.74) is 3.24. The molecule has 3 aliphatic rings. The Morgan fingerprint density at radius 1 is 0.889 bits per heavy atom. The van der Waals surface area contributed by atoms with Gasteiger partial charge in [-0.05, 0) is 42.0 Å². The Bertz CT molecular complexity index is 1630. The van der Waals surface area contributed by atoms with Crippen molar-refractivity contribution in [3.8, 4) is 0 Å². The van der Waals surface area contributed by atoms with Gasteiger partial charge in [-0.3, -0.25) is 14.4 Å². The van der Waals surface area contributed by atoms with Gasteiger partial charge in [-0.2, -0.15) is 4.68 Å². The molecule has 4 atom stereocenters. The molecule has 0 aliphatic carbocycles. The molecule has 0 saturated carbocycles. The summed E-state index contributed by atoms with van der Waals surface area (Å²) in [6, 6.07) is 20.1. The fourth-order valence-electron chi connectivity index (χ4n) is 5.82. The van der Waals surface area contributed by atoms with Crippen LogP contribution in [0.5, 0.6) is 0 Å². The fraction of sp³-hybridized carbons (Fsp3) is 0.148. The van der Waals surface area contributed by atoms with Crippen molar-refractivity contribution in [3.63, 3.8) is 0 Å². The van der Waals surface area contributed by atoms with Crippen molar-refractivity contribution in [1.29, 1.82) is 0 Å². The molecule has 2 amide bonds. The zero-order valence-electron chi connectivity index (χ0n) is 18.7. The minimum absolute atomic E-state index is 0.343. The van der Waals surface area contributed by atoms with Gasteiger partial charge in [-0.1, -0.05) is 65.4 Å². The molecule has 4 aromatic rings. The molecule has 3 aromatic carbocycles. The molecule has 36 heavy (non-hydrogen) atoms. The number of benzene rings is 3. The van der Waals surface area contributed by atoms with E-state index in [0.29, 0.717) is 21.7 Å². The number of halogens is 1. The molecule has 1 aromatic heterocycles. The van der Waals surface area contributed by atoms with E-state index in [4.69, 9.17) is 11.6 Å². The average molecular weight is 496 g/mol. The Balaban J connectivity index is 1.40. The Hall–Kier alpha value is -4.30. The summed E-state index contributed by atoms with van der Waals surface area (Å²) in [6.45, 7) is 0. The molecule has 0 spiro atoms.